The van der Waals surface area contributed by atoms with Crippen LogP contribution in [0.4, 0.5) is 5.69 Å². The molecule has 0 aliphatic carbocycles. The smallest absolute Gasteiger partial charge is 0.0557 e. The minimum atomic E-state index is -0.214. The zero-order valence-corrected chi connectivity index (χ0v) is 13.3. The first-order valence-electron chi connectivity index (χ1n) is 7.04. The summed E-state index contributed by atoms with van der Waals surface area (Å²) in [6.45, 7) is 7.88. The Labute approximate surface area is 124 Å². The molecule has 0 spiro atoms. The van der Waals surface area contributed by atoms with Crippen molar-refractivity contribution in [3.8, 4) is 0 Å². The Morgan fingerprint density at radius 3 is 2.95 bits per heavy atom. The predicted molar refractivity (Wildman–Crippen MR) is 83.5 cm³/mol. The van der Waals surface area contributed by atoms with Gasteiger partial charge in [-0.25, -0.2) is 0 Å². The lowest BCUT2D eigenvalue weighted by atomic mass is 10.0. The summed E-state index contributed by atoms with van der Waals surface area (Å²) in [6, 6.07) is 6.47. The topological polar surface area (TPSA) is 35.5 Å². The molecule has 0 aromatic heterocycles. The molecular weight excluding hydrogens is 304 g/mol. The molecule has 3 nitrogen and oxygen atoms in total. The molecule has 1 aromatic rings. The summed E-state index contributed by atoms with van der Waals surface area (Å²) in [5, 5.41) is 13.1. The number of benzene rings is 1. The first-order chi connectivity index (χ1) is 9.11. The van der Waals surface area contributed by atoms with E-state index in [1.165, 1.54) is 11.3 Å². The average molecular weight is 327 g/mol. The SMILES string of the molecule is CCNCc1ccc(Br)cc1N1CCC(C(C)O)C1. The van der Waals surface area contributed by atoms with Gasteiger partial charge in [-0.1, -0.05) is 28.9 Å². The number of hydrogen-bond donors (Lipinski definition) is 2. The minimum Gasteiger partial charge on any atom is -0.393 e. The lowest BCUT2D eigenvalue weighted by Crippen LogP contribution is -2.25. The number of hydrogen-bond acceptors (Lipinski definition) is 3. The van der Waals surface area contributed by atoms with E-state index in [0.717, 1.165) is 37.1 Å². The number of anilines is 1. The van der Waals surface area contributed by atoms with Gasteiger partial charge >= 0.3 is 0 Å². The Morgan fingerprint density at radius 1 is 1.53 bits per heavy atom. The zero-order valence-electron chi connectivity index (χ0n) is 11.7. The Kier molecular flexibility index (Phi) is 5.25. The number of aliphatic hydroxyl groups is 1. The molecule has 1 fully saturated rings. The molecule has 1 aliphatic heterocycles. The summed E-state index contributed by atoms with van der Waals surface area (Å²) in [5.74, 6) is 0.394. The van der Waals surface area contributed by atoms with Crippen LogP contribution < -0.4 is 10.2 Å². The molecule has 2 rings (SSSR count). The minimum absolute atomic E-state index is 0.214. The molecule has 0 bridgehead atoms. The third kappa shape index (κ3) is 3.71. The summed E-state index contributed by atoms with van der Waals surface area (Å²) in [6.07, 6.45) is 0.861. The highest BCUT2D eigenvalue weighted by atomic mass is 79.9. The molecule has 2 atom stereocenters. The second kappa shape index (κ2) is 6.73. The van der Waals surface area contributed by atoms with Gasteiger partial charge in [-0.3, -0.25) is 0 Å². The van der Waals surface area contributed by atoms with Crippen molar-refractivity contribution in [3.05, 3.63) is 28.2 Å². The molecule has 4 heteroatoms. The first-order valence-corrected chi connectivity index (χ1v) is 7.83. The molecule has 19 heavy (non-hydrogen) atoms. The monoisotopic (exact) mass is 326 g/mol. The standard InChI is InChI=1S/C15H23BrN2O/c1-3-17-9-12-4-5-14(16)8-15(12)18-7-6-13(10-18)11(2)19/h4-5,8,11,13,17,19H,3,6-7,9-10H2,1-2H3. The van der Waals surface area contributed by atoms with E-state index in [2.05, 4.69) is 51.3 Å². The molecule has 0 radical (unpaired) electrons. The fourth-order valence-corrected chi connectivity index (χ4v) is 2.99. The number of rotatable bonds is 5. The fourth-order valence-electron chi connectivity index (χ4n) is 2.64. The average Bonchev–Trinajstić information content (AvgIpc) is 2.87. The van der Waals surface area contributed by atoms with E-state index in [1.807, 2.05) is 6.92 Å². The van der Waals surface area contributed by atoms with Crippen LogP contribution in [0.25, 0.3) is 0 Å². The van der Waals surface area contributed by atoms with Crippen LogP contribution in [0.2, 0.25) is 0 Å². The van der Waals surface area contributed by atoms with Gasteiger partial charge in [-0.2, -0.15) is 0 Å². The predicted octanol–water partition coefficient (Wildman–Crippen LogP) is 2.77. The Hall–Kier alpha value is -0.580. The molecule has 1 aromatic carbocycles. The first kappa shape index (κ1) is 14.8. The van der Waals surface area contributed by atoms with Gasteiger partial charge in [0.05, 0.1) is 6.10 Å². The Bertz CT molecular complexity index is 423. The molecule has 0 saturated carbocycles. The lowest BCUT2D eigenvalue weighted by Gasteiger charge is -2.23. The van der Waals surface area contributed by atoms with E-state index in [-0.39, 0.29) is 6.10 Å². The molecule has 1 heterocycles. The number of nitrogens with one attached hydrogen (secondary N) is 1. The van der Waals surface area contributed by atoms with Gasteiger partial charge in [-0.05, 0) is 37.6 Å². The lowest BCUT2D eigenvalue weighted by molar-refractivity contribution is 0.136. The summed E-state index contributed by atoms with van der Waals surface area (Å²) in [5.41, 5.74) is 2.62. The molecule has 0 amide bonds. The van der Waals surface area contributed by atoms with Gasteiger partial charge in [-0.15, -0.1) is 0 Å². The van der Waals surface area contributed by atoms with E-state index >= 15 is 0 Å². The molecule has 2 unspecified atom stereocenters. The van der Waals surface area contributed by atoms with E-state index in [0.29, 0.717) is 5.92 Å². The second-order valence-corrected chi connectivity index (χ2v) is 6.20. The summed E-state index contributed by atoms with van der Waals surface area (Å²) >= 11 is 3.56. The van der Waals surface area contributed by atoms with Crippen molar-refractivity contribution < 1.29 is 5.11 Å². The largest absolute Gasteiger partial charge is 0.393 e. The fraction of sp³-hybridized carbons (Fsp3) is 0.600. The molecule has 1 aliphatic rings. The molecule has 1 saturated heterocycles. The number of aliphatic hydroxyl groups excluding tert-OH is 1. The summed E-state index contributed by atoms with van der Waals surface area (Å²) < 4.78 is 1.11. The maximum Gasteiger partial charge on any atom is 0.0557 e. The van der Waals surface area contributed by atoms with Crippen molar-refractivity contribution in [1.29, 1.82) is 0 Å². The van der Waals surface area contributed by atoms with Crippen LogP contribution in [0.15, 0.2) is 22.7 Å². The maximum atomic E-state index is 9.73. The number of nitrogens with zero attached hydrogens (tertiary/aromatic N) is 1. The van der Waals surface area contributed by atoms with E-state index in [9.17, 15) is 5.11 Å². The third-order valence-corrected chi connectivity index (χ3v) is 4.35. The van der Waals surface area contributed by atoms with Gasteiger partial charge in [0.25, 0.3) is 0 Å². The van der Waals surface area contributed by atoms with Crippen LogP contribution >= 0.6 is 15.9 Å². The van der Waals surface area contributed by atoms with Crippen molar-refractivity contribution in [1.82, 2.24) is 5.32 Å². The van der Waals surface area contributed by atoms with Crippen LogP contribution in [0.5, 0.6) is 0 Å². The van der Waals surface area contributed by atoms with Crippen LogP contribution in [0, 0.1) is 5.92 Å². The second-order valence-electron chi connectivity index (χ2n) is 5.29. The van der Waals surface area contributed by atoms with Gasteiger partial charge in [0, 0.05) is 35.7 Å². The zero-order chi connectivity index (χ0) is 13.8. The summed E-state index contributed by atoms with van der Waals surface area (Å²) in [4.78, 5) is 2.40. The van der Waals surface area contributed by atoms with Gasteiger partial charge < -0.3 is 15.3 Å². The number of halogens is 1. The Morgan fingerprint density at radius 2 is 2.32 bits per heavy atom. The maximum absolute atomic E-state index is 9.73. The Balaban J connectivity index is 2.16. The van der Waals surface area contributed by atoms with Gasteiger partial charge in [0.15, 0.2) is 0 Å². The van der Waals surface area contributed by atoms with E-state index in [4.69, 9.17) is 0 Å². The van der Waals surface area contributed by atoms with Crippen molar-refractivity contribution in [2.45, 2.75) is 32.9 Å². The molecule has 2 N–H and O–H groups in total. The van der Waals surface area contributed by atoms with Gasteiger partial charge in [0.2, 0.25) is 0 Å². The third-order valence-electron chi connectivity index (χ3n) is 3.86. The highest BCUT2D eigenvalue weighted by Crippen LogP contribution is 2.31. The summed E-state index contributed by atoms with van der Waals surface area (Å²) in [7, 11) is 0. The van der Waals surface area contributed by atoms with Crippen LogP contribution in [0.1, 0.15) is 25.8 Å². The normalized spacial score (nSPS) is 20.8. The van der Waals surface area contributed by atoms with Crippen molar-refractivity contribution in [2.75, 3.05) is 24.5 Å². The van der Waals surface area contributed by atoms with Crippen molar-refractivity contribution in [3.63, 3.8) is 0 Å². The van der Waals surface area contributed by atoms with Crippen molar-refractivity contribution >= 4 is 21.6 Å². The van der Waals surface area contributed by atoms with Crippen LogP contribution in [0.3, 0.4) is 0 Å². The quantitative estimate of drug-likeness (QED) is 0.873. The van der Waals surface area contributed by atoms with E-state index in [1.54, 1.807) is 0 Å². The van der Waals surface area contributed by atoms with Crippen molar-refractivity contribution in [2.24, 2.45) is 5.92 Å². The molecular formula is C15H23BrN2O. The van der Waals surface area contributed by atoms with Gasteiger partial charge in [0.1, 0.15) is 0 Å². The highest BCUT2D eigenvalue weighted by Gasteiger charge is 2.27. The van der Waals surface area contributed by atoms with Crippen LogP contribution in [-0.4, -0.2) is 30.8 Å². The van der Waals surface area contributed by atoms with Crippen LogP contribution in [-0.2, 0) is 6.54 Å². The highest BCUT2D eigenvalue weighted by molar-refractivity contribution is 9.10. The van der Waals surface area contributed by atoms with E-state index < -0.39 is 0 Å². The molecule has 106 valence electrons.